The molecule has 0 aromatic heterocycles. The van der Waals surface area contributed by atoms with Crippen molar-refractivity contribution in [3.8, 4) is 0 Å². The van der Waals surface area contributed by atoms with Gasteiger partial charge in [0.2, 0.25) is 0 Å². The summed E-state index contributed by atoms with van der Waals surface area (Å²) in [4.78, 5) is 38.2. The molecule has 0 aliphatic heterocycles. The average Bonchev–Trinajstić information content (AvgIpc) is 3.35. The van der Waals surface area contributed by atoms with Gasteiger partial charge in [-0.25, -0.2) is 0 Å². The number of carbonyl (C=O) groups is 3. The van der Waals surface area contributed by atoms with Crippen LogP contribution in [0.25, 0.3) is 0 Å². The van der Waals surface area contributed by atoms with Crippen LogP contribution in [0.3, 0.4) is 0 Å². The predicted octanol–water partition coefficient (Wildman–Crippen LogP) is 19.5. The number of carbonyl (C=O) groups excluding carboxylic acids is 3. The molecule has 0 unspecified atom stereocenters. The molecule has 6 nitrogen and oxygen atoms in total. The summed E-state index contributed by atoms with van der Waals surface area (Å²) in [7, 11) is 0. The summed E-state index contributed by atoms with van der Waals surface area (Å²) < 4.78 is 16.9. The molecule has 0 saturated heterocycles. The number of hydrogen-bond donors (Lipinski definition) is 0. The molecule has 69 heavy (non-hydrogen) atoms. The van der Waals surface area contributed by atoms with E-state index in [1.165, 1.54) is 128 Å². The summed E-state index contributed by atoms with van der Waals surface area (Å²) in [5.74, 6) is -0.922. The van der Waals surface area contributed by atoms with Gasteiger partial charge in [0.15, 0.2) is 6.10 Å². The molecular weight excluding hydrogens is 853 g/mol. The van der Waals surface area contributed by atoms with E-state index in [0.29, 0.717) is 19.3 Å². The van der Waals surface area contributed by atoms with Gasteiger partial charge in [-0.3, -0.25) is 14.4 Å². The second-order valence-corrected chi connectivity index (χ2v) is 19.2. The molecule has 0 aliphatic rings. The summed E-state index contributed by atoms with van der Waals surface area (Å²) in [6.45, 7) is 6.49. The Bertz CT molecular complexity index is 1330. The number of allylic oxidation sites excluding steroid dienone is 14. The first-order chi connectivity index (χ1) is 34.0. The smallest absolute Gasteiger partial charge is 0.306 e. The van der Waals surface area contributed by atoms with Crippen molar-refractivity contribution in [3.05, 3.63) is 85.1 Å². The maximum Gasteiger partial charge on any atom is 0.306 e. The van der Waals surface area contributed by atoms with E-state index < -0.39 is 6.10 Å². The molecule has 0 heterocycles. The third-order valence-electron chi connectivity index (χ3n) is 12.4. The van der Waals surface area contributed by atoms with Crippen molar-refractivity contribution in [3.63, 3.8) is 0 Å². The van der Waals surface area contributed by atoms with Gasteiger partial charge in [-0.05, 0) is 96.3 Å². The molecule has 0 rings (SSSR count). The number of esters is 3. The van der Waals surface area contributed by atoms with Crippen molar-refractivity contribution in [2.24, 2.45) is 0 Å². The molecule has 6 heteroatoms. The molecule has 0 fully saturated rings. The lowest BCUT2D eigenvalue weighted by atomic mass is 10.0. The molecule has 0 saturated carbocycles. The molecule has 0 spiro atoms. The zero-order chi connectivity index (χ0) is 50.0. The molecule has 0 bridgehead atoms. The van der Waals surface area contributed by atoms with Gasteiger partial charge in [0.05, 0.1) is 0 Å². The van der Waals surface area contributed by atoms with Crippen molar-refractivity contribution in [2.45, 2.75) is 284 Å². The Morgan fingerprint density at radius 2 is 0.565 bits per heavy atom. The van der Waals surface area contributed by atoms with E-state index in [0.717, 1.165) is 109 Å². The highest BCUT2D eigenvalue weighted by Gasteiger charge is 2.19. The van der Waals surface area contributed by atoms with Crippen molar-refractivity contribution in [1.29, 1.82) is 0 Å². The fourth-order valence-electron chi connectivity index (χ4n) is 8.03. The summed E-state index contributed by atoms with van der Waals surface area (Å²) in [6, 6.07) is 0. The van der Waals surface area contributed by atoms with E-state index in [9.17, 15) is 14.4 Å². The van der Waals surface area contributed by atoms with Crippen LogP contribution in [-0.2, 0) is 28.6 Å². The minimum absolute atomic E-state index is 0.0885. The molecular formula is C63H108O6. The largest absolute Gasteiger partial charge is 0.462 e. The first-order valence-corrected chi connectivity index (χ1v) is 29.1. The number of ether oxygens (including phenoxy) is 3. The van der Waals surface area contributed by atoms with Crippen LogP contribution in [0.2, 0.25) is 0 Å². The van der Waals surface area contributed by atoms with Crippen molar-refractivity contribution in [1.82, 2.24) is 0 Å². The molecule has 0 N–H and O–H groups in total. The first kappa shape index (κ1) is 65.6. The highest BCUT2D eigenvalue weighted by molar-refractivity contribution is 5.71. The molecule has 0 aromatic carbocycles. The van der Waals surface area contributed by atoms with E-state index in [4.69, 9.17) is 14.2 Å². The minimum Gasteiger partial charge on any atom is -0.462 e. The van der Waals surface area contributed by atoms with Crippen LogP contribution in [0, 0.1) is 0 Å². The molecule has 0 radical (unpaired) electrons. The van der Waals surface area contributed by atoms with Crippen molar-refractivity contribution in [2.75, 3.05) is 13.2 Å². The number of hydrogen-bond acceptors (Lipinski definition) is 6. The van der Waals surface area contributed by atoms with E-state index in [2.05, 4.69) is 106 Å². The molecule has 0 aromatic rings. The highest BCUT2D eigenvalue weighted by atomic mass is 16.6. The molecule has 0 amide bonds. The lowest BCUT2D eigenvalue weighted by Gasteiger charge is -2.18. The van der Waals surface area contributed by atoms with Gasteiger partial charge in [0.25, 0.3) is 0 Å². The second-order valence-electron chi connectivity index (χ2n) is 19.2. The van der Waals surface area contributed by atoms with Crippen LogP contribution in [0.4, 0.5) is 0 Å². The van der Waals surface area contributed by atoms with Crippen LogP contribution >= 0.6 is 0 Å². The second kappa shape index (κ2) is 57.2. The van der Waals surface area contributed by atoms with Gasteiger partial charge in [0, 0.05) is 19.3 Å². The van der Waals surface area contributed by atoms with Gasteiger partial charge >= 0.3 is 17.9 Å². The van der Waals surface area contributed by atoms with Crippen LogP contribution < -0.4 is 0 Å². The average molecular weight is 962 g/mol. The van der Waals surface area contributed by atoms with E-state index in [1.807, 2.05) is 0 Å². The van der Waals surface area contributed by atoms with Gasteiger partial charge < -0.3 is 14.2 Å². The minimum atomic E-state index is -0.794. The van der Waals surface area contributed by atoms with Crippen LogP contribution in [0.1, 0.15) is 278 Å². The Balaban J connectivity index is 4.45. The Labute approximate surface area is 426 Å². The van der Waals surface area contributed by atoms with E-state index >= 15 is 0 Å². The third-order valence-corrected chi connectivity index (χ3v) is 12.4. The summed E-state index contributed by atoms with van der Waals surface area (Å²) in [5, 5.41) is 0. The summed E-state index contributed by atoms with van der Waals surface area (Å²) in [5.41, 5.74) is 0. The SMILES string of the molecule is CC/C=C/C/C=C/C/C=C/C/C=C/C/C=C/CCCCCC(=O)OC[C@@H](COC(=O)CCCCCCCCCCCCCCCCC)OC(=O)CCCCCCCCC/C=C/C/C=C/CCCCC. The molecule has 396 valence electrons. The highest BCUT2D eigenvalue weighted by Crippen LogP contribution is 2.16. The van der Waals surface area contributed by atoms with Crippen molar-refractivity contribution >= 4 is 17.9 Å². The Kier molecular flexibility index (Phi) is 54.3. The maximum atomic E-state index is 12.9. The number of rotatable bonds is 52. The zero-order valence-electron chi connectivity index (χ0n) is 45.3. The number of unbranched alkanes of at least 4 members (excludes halogenated alkanes) is 27. The third kappa shape index (κ3) is 55.4. The monoisotopic (exact) mass is 961 g/mol. The lowest BCUT2D eigenvalue weighted by molar-refractivity contribution is -0.167. The maximum absolute atomic E-state index is 12.9. The fraction of sp³-hybridized carbons (Fsp3) is 0.730. The fourth-order valence-corrected chi connectivity index (χ4v) is 8.03. The van der Waals surface area contributed by atoms with Crippen LogP contribution in [0.5, 0.6) is 0 Å². The van der Waals surface area contributed by atoms with E-state index in [1.54, 1.807) is 0 Å². The van der Waals surface area contributed by atoms with Gasteiger partial charge in [-0.2, -0.15) is 0 Å². The van der Waals surface area contributed by atoms with E-state index in [-0.39, 0.29) is 31.1 Å². The molecule has 1 atom stereocenters. The zero-order valence-corrected chi connectivity index (χ0v) is 45.3. The van der Waals surface area contributed by atoms with Crippen LogP contribution in [-0.4, -0.2) is 37.2 Å². The van der Waals surface area contributed by atoms with Gasteiger partial charge in [0.1, 0.15) is 13.2 Å². The normalized spacial score (nSPS) is 12.7. The quantitative estimate of drug-likeness (QED) is 0.0262. The summed E-state index contributed by atoms with van der Waals surface area (Å²) in [6.07, 6.45) is 74.2. The molecule has 0 aliphatic carbocycles. The summed E-state index contributed by atoms with van der Waals surface area (Å²) >= 11 is 0. The van der Waals surface area contributed by atoms with Gasteiger partial charge in [-0.1, -0.05) is 247 Å². The predicted molar refractivity (Wildman–Crippen MR) is 297 cm³/mol. The first-order valence-electron chi connectivity index (χ1n) is 29.1. The Hall–Kier alpha value is -3.41. The topological polar surface area (TPSA) is 78.9 Å². The van der Waals surface area contributed by atoms with Gasteiger partial charge in [-0.15, -0.1) is 0 Å². The standard InChI is InChI=1S/C63H108O6/c1-4-7-10-13-16-19-22-25-28-30-31-33-35-38-41-44-47-50-53-56-62(65)68-59-60(58-67-61(64)55-52-49-46-43-40-37-34-27-24-21-18-15-12-9-6-3)69-63(66)57-54-51-48-45-42-39-36-32-29-26-23-20-17-14-11-8-5-2/h7,10,16-17,19-20,25-26,28-29,31,33,38,41,60H,4-6,8-9,11-15,18,21-24,27,30,32,34-37,39-40,42-59H2,1-3H3/b10-7+,19-16+,20-17+,28-25+,29-26+,33-31+,41-38+/t60-/m1/s1. The Morgan fingerprint density at radius 1 is 0.304 bits per heavy atom. The lowest BCUT2D eigenvalue weighted by Crippen LogP contribution is -2.30. The van der Waals surface area contributed by atoms with Crippen LogP contribution in [0.15, 0.2) is 85.1 Å². The van der Waals surface area contributed by atoms with Crippen molar-refractivity contribution < 1.29 is 28.6 Å². The Morgan fingerprint density at radius 3 is 0.928 bits per heavy atom.